The molecule has 1 atom stereocenters. The summed E-state index contributed by atoms with van der Waals surface area (Å²) in [6, 6.07) is 0. The molecule has 0 aliphatic heterocycles. The Kier molecular flexibility index (Phi) is 7.53. The first kappa shape index (κ1) is 18.5. The highest BCUT2D eigenvalue weighted by Gasteiger charge is 2.47. The third kappa shape index (κ3) is 6.10. The van der Waals surface area contributed by atoms with Gasteiger partial charge in [0.2, 0.25) is 7.37 Å². The Morgan fingerprint density at radius 3 is 1.67 bits per heavy atom. The summed E-state index contributed by atoms with van der Waals surface area (Å²) in [6.07, 6.45) is 0. The van der Waals surface area contributed by atoms with Crippen LogP contribution in [0.4, 0.5) is 0 Å². The van der Waals surface area contributed by atoms with E-state index in [1.165, 1.54) is 21.3 Å². The van der Waals surface area contributed by atoms with Crippen molar-refractivity contribution in [3.8, 4) is 0 Å². The van der Waals surface area contributed by atoms with Gasteiger partial charge in [0.25, 0.3) is 0 Å². The van der Waals surface area contributed by atoms with Crippen LogP contribution in [0.15, 0.2) is 0 Å². The Bertz CT molecular complexity index is 280. The van der Waals surface area contributed by atoms with E-state index in [0.717, 1.165) is 0 Å². The standard InChI is InChI=1S/C10H27O5PSi2/c1-8-15-16(11,9-17(5,6)7)10-18(12-2,13-3)14-4/h8-10H2,1-7H3. The molecule has 0 aromatic heterocycles. The molecule has 0 saturated heterocycles. The fourth-order valence-corrected chi connectivity index (χ4v) is 14.7. The van der Waals surface area contributed by atoms with Crippen LogP contribution in [0.2, 0.25) is 19.6 Å². The van der Waals surface area contributed by atoms with Crippen LogP contribution < -0.4 is 0 Å². The van der Waals surface area contributed by atoms with Crippen LogP contribution in [0, 0.1) is 0 Å². The quantitative estimate of drug-likeness (QED) is 0.484. The molecule has 0 aliphatic carbocycles. The van der Waals surface area contributed by atoms with E-state index in [1.807, 2.05) is 6.92 Å². The average Bonchev–Trinajstić information content (AvgIpc) is 2.24. The van der Waals surface area contributed by atoms with Gasteiger partial charge < -0.3 is 17.8 Å². The molecular formula is C10H27O5PSi2. The minimum atomic E-state index is -2.86. The summed E-state index contributed by atoms with van der Waals surface area (Å²) in [5.41, 5.74) is 0. The van der Waals surface area contributed by atoms with Crippen molar-refractivity contribution < 1.29 is 22.4 Å². The SMILES string of the molecule is CCOP(=O)(C[Si](C)(C)C)C[Si](OC)(OC)OC. The summed E-state index contributed by atoms with van der Waals surface area (Å²) < 4.78 is 34.5. The molecule has 18 heavy (non-hydrogen) atoms. The zero-order chi connectivity index (χ0) is 14.4. The van der Waals surface area contributed by atoms with Crippen LogP contribution in [0.5, 0.6) is 0 Å². The molecule has 0 saturated carbocycles. The van der Waals surface area contributed by atoms with Gasteiger partial charge >= 0.3 is 8.80 Å². The lowest BCUT2D eigenvalue weighted by Crippen LogP contribution is -2.48. The Balaban J connectivity index is 5.06. The molecule has 0 heterocycles. The highest BCUT2D eigenvalue weighted by molar-refractivity contribution is 7.64. The summed E-state index contributed by atoms with van der Waals surface area (Å²) in [7, 11) is -2.52. The second kappa shape index (κ2) is 7.33. The van der Waals surface area contributed by atoms with Crippen molar-refractivity contribution in [3.63, 3.8) is 0 Å². The molecule has 0 radical (unpaired) electrons. The average molecular weight is 314 g/mol. The monoisotopic (exact) mass is 314 g/mol. The van der Waals surface area contributed by atoms with Gasteiger partial charge in [-0.2, -0.15) is 0 Å². The summed E-state index contributed by atoms with van der Waals surface area (Å²) >= 11 is 0. The van der Waals surface area contributed by atoms with Crippen LogP contribution in [-0.2, 0) is 22.4 Å². The molecular weight excluding hydrogens is 287 g/mol. The number of rotatable bonds is 9. The Labute approximate surface area is 113 Å². The minimum Gasteiger partial charge on any atom is -0.377 e. The number of hydrogen-bond donors (Lipinski definition) is 0. The Hall–Kier alpha value is 0.504. The first-order valence-corrected chi connectivity index (χ1v) is 13.7. The van der Waals surface area contributed by atoms with Crippen LogP contribution >= 0.6 is 7.37 Å². The maximum atomic E-state index is 12.9. The molecule has 0 amide bonds. The molecule has 8 heteroatoms. The van der Waals surface area contributed by atoms with E-state index < -0.39 is 24.2 Å². The first-order chi connectivity index (χ1) is 8.16. The summed E-state index contributed by atoms with van der Waals surface area (Å²) in [5.74, 6) is 0.875. The van der Waals surface area contributed by atoms with E-state index in [4.69, 9.17) is 17.8 Å². The lowest BCUT2D eigenvalue weighted by atomic mass is 10.9. The third-order valence-electron chi connectivity index (χ3n) is 2.45. The third-order valence-corrected chi connectivity index (χ3v) is 14.2. The van der Waals surface area contributed by atoms with Gasteiger partial charge in [-0.25, -0.2) is 0 Å². The highest BCUT2D eigenvalue weighted by Crippen LogP contribution is 2.50. The molecule has 110 valence electrons. The van der Waals surface area contributed by atoms with Gasteiger partial charge in [-0.15, -0.1) is 0 Å². The zero-order valence-electron chi connectivity index (χ0n) is 12.6. The molecule has 0 aromatic rings. The second-order valence-corrected chi connectivity index (χ2v) is 17.5. The largest absolute Gasteiger partial charge is 0.510 e. The minimum absolute atomic E-state index is 0.252. The molecule has 0 bridgehead atoms. The van der Waals surface area contributed by atoms with Gasteiger partial charge in [0, 0.05) is 27.1 Å². The zero-order valence-corrected chi connectivity index (χ0v) is 15.5. The van der Waals surface area contributed by atoms with Crippen molar-refractivity contribution in [1.29, 1.82) is 0 Å². The van der Waals surface area contributed by atoms with Crippen molar-refractivity contribution in [1.82, 2.24) is 0 Å². The normalized spacial score (nSPS) is 16.6. The van der Waals surface area contributed by atoms with Crippen molar-refractivity contribution in [2.45, 2.75) is 26.6 Å². The lowest BCUT2D eigenvalue weighted by Gasteiger charge is -2.31. The first-order valence-electron chi connectivity index (χ1n) is 6.04. The van der Waals surface area contributed by atoms with E-state index in [9.17, 15) is 4.57 Å². The van der Waals surface area contributed by atoms with Crippen molar-refractivity contribution in [2.24, 2.45) is 0 Å². The molecule has 0 N–H and O–H groups in total. The second-order valence-electron chi connectivity index (χ2n) is 5.40. The van der Waals surface area contributed by atoms with Crippen molar-refractivity contribution >= 4 is 24.2 Å². The van der Waals surface area contributed by atoms with Crippen LogP contribution in [0.3, 0.4) is 0 Å². The van der Waals surface area contributed by atoms with Crippen LogP contribution in [0.1, 0.15) is 6.92 Å². The Morgan fingerprint density at radius 1 is 0.944 bits per heavy atom. The fourth-order valence-electron chi connectivity index (χ4n) is 1.84. The molecule has 0 aromatic carbocycles. The van der Waals surface area contributed by atoms with Crippen LogP contribution in [-0.4, -0.2) is 56.4 Å². The van der Waals surface area contributed by atoms with Gasteiger partial charge in [0.05, 0.1) is 20.5 Å². The van der Waals surface area contributed by atoms with E-state index in [1.54, 1.807) is 0 Å². The molecule has 0 aliphatic rings. The summed E-state index contributed by atoms with van der Waals surface area (Å²) in [6.45, 7) is 8.81. The lowest BCUT2D eigenvalue weighted by molar-refractivity contribution is 0.128. The van der Waals surface area contributed by atoms with E-state index in [-0.39, 0.29) is 5.79 Å². The predicted molar refractivity (Wildman–Crippen MR) is 79.1 cm³/mol. The van der Waals surface area contributed by atoms with E-state index in [2.05, 4.69) is 19.6 Å². The van der Waals surface area contributed by atoms with Crippen molar-refractivity contribution in [3.05, 3.63) is 0 Å². The maximum absolute atomic E-state index is 12.9. The van der Waals surface area contributed by atoms with Crippen molar-refractivity contribution in [2.75, 3.05) is 39.5 Å². The highest BCUT2D eigenvalue weighted by atomic mass is 31.2. The molecule has 0 rings (SSSR count). The molecule has 1 unspecified atom stereocenters. The van der Waals surface area contributed by atoms with Crippen LogP contribution in [0.25, 0.3) is 0 Å². The number of hydrogen-bond acceptors (Lipinski definition) is 5. The Morgan fingerprint density at radius 2 is 1.39 bits per heavy atom. The van der Waals surface area contributed by atoms with E-state index >= 15 is 0 Å². The van der Waals surface area contributed by atoms with Gasteiger partial charge in [-0.05, 0) is 6.92 Å². The fraction of sp³-hybridized carbons (Fsp3) is 1.00. The van der Waals surface area contributed by atoms with Gasteiger partial charge in [-0.1, -0.05) is 19.6 Å². The van der Waals surface area contributed by atoms with Gasteiger partial charge in [-0.3, -0.25) is 4.57 Å². The topological polar surface area (TPSA) is 54.0 Å². The maximum Gasteiger partial charge on any atom is 0.510 e. The summed E-state index contributed by atoms with van der Waals surface area (Å²) in [4.78, 5) is 0. The van der Waals surface area contributed by atoms with Gasteiger partial charge in [0.1, 0.15) is 0 Å². The molecule has 5 nitrogen and oxygen atoms in total. The molecule has 0 fully saturated rings. The molecule has 0 spiro atoms. The smallest absolute Gasteiger partial charge is 0.377 e. The predicted octanol–water partition coefficient (Wildman–Crippen LogP) is 2.60. The van der Waals surface area contributed by atoms with Gasteiger partial charge in [0.15, 0.2) is 0 Å². The summed E-state index contributed by atoms with van der Waals surface area (Å²) in [5, 5.41) is 0. The van der Waals surface area contributed by atoms with E-state index in [0.29, 0.717) is 12.4 Å².